The van der Waals surface area contributed by atoms with Gasteiger partial charge in [0.1, 0.15) is 5.75 Å². The fourth-order valence-corrected chi connectivity index (χ4v) is 3.51. The minimum Gasteiger partial charge on any atom is -0.497 e. The summed E-state index contributed by atoms with van der Waals surface area (Å²) in [6, 6.07) is 15.7. The van der Waals surface area contributed by atoms with Crippen molar-refractivity contribution in [1.29, 1.82) is 0 Å². The van der Waals surface area contributed by atoms with Gasteiger partial charge in [-0.05, 0) is 42.5 Å². The van der Waals surface area contributed by atoms with Crippen LogP contribution in [0.25, 0.3) is 11.3 Å². The van der Waals surface area contributed by atoms with E-state index in [1.165, 1.54) is 17.5 Å². The molecule has 3 aromatic rings. The maximum Gasteiger partial charge on any atom is 0.274 e. The molecule has 1 atom stereocenters. The van der Waals surface area contributed by atoms with Crippen LogP contribution in [-0.4, -0.2) is 18.0 Å². The highest BCUT2D eigenvalue weighted by molar-refractivity contribution is 5.97. The van der Waals surface area contributed by atoms with Crippen molar-refractivity contribution in [2.45, 2.75) is 25.3 Å². The van der Waals surface area contributed by atoms with Crippen LogP contribution in [0.4, 0.5) is 0 Å². The molecule has 1 aliphatic rings. The first kappa shape index (κ1) is 16.4. The highest BCUT2D eigenvalue weighted by Gasteiger charge is 2.25. The molecule has 1 N–H and O–H groups in total. The Morgan fingerprint density at radius 3 is 3.00 bits per heavy atom. The van der Waals surface area contributed by atoms with Gasteiger partial charge in [0.05, 0.1) is 13.2 Å². The maximum absolute atomic E-state index is 12.9. The Morgan fingerprint density at radius 2 is 2.12 bits per heavy atom. The molecule has 0 aliphatic heterocycles. The highest BCUT2D eigenvalue weighted by atomic mass is 16.5. The van der Waals surface area contributed by atoms with Gasteiger partial charge in [-0.3, -0.25) is 4.79 Å². The minimum atomic E-state index is -0.224. The van der Waals surface area contributed by atoms with Crippen molar-refractivity contribution in [3.05, 3.63) is 71.7 Å². The fourth-order valence-electron chi connectivity index (χ4n) is 3.51. The molecule has 132 valence electrons. The third-order valence-electron chi connectivity index (χ3n) is 4.79. The quantitative estimate of drug-likeness (QED) is 0.769. The van der Waals surface area contributed by atoms with E-state index < -0.39 is 0 Å². The topological polar surface area (TPSA) is 64.4 Å². The summed E-state index contributed by atoms with van der Waals surface area (Å²) in [6.07, 6.45) is 4.35. The van der Waals surface area contributed by atoms with Crippen LogP contribution in [0, 0.1) is 0 Å². The second kappa shape index (κ2) is 7.04. The van der Waals surface area contributed by atoms with Crippen LogP contribution in [0.15, 0.2) is 59.3 Å². The maximum atomic E-state index is 12.9. The van der Waals surface area contributed by atoms with Crippen LogP contribution >= 0.6 is 0 Å². The molecule has 1 heterocycles. The lowest BCUT2D eigenvalue weighted by atomic mass is 9.87. The summed E-state index contributed by atoms with van der Waals surface area (Å²) in [7, 11) is 1.60. The van der Waals surface area contributed by atoms with Crippen molar-refractivity contribution < 1.29 is 13.9 Å². The second-order valence-electron chi connectivity index (χ2n) is 6.38. The molecule has 0 radical (unpaired) electrons. The number of oxazole rings is 1. The van der Waals surface area contributed by atoms with Gasteiger partial charge in [-0.2, -0.15) is 0 Å². The predicted molar refractivity (Wildman–Crippen MR) is 98.1 cm³/mol. The van der Waals surface area contributed by atoms with Crippen molar-refractivity contribution in [2.75, 3.05) is 7.11 Å². The summed E-state index contributed by atoms with van der Waals surface area (Å²) in [4.78, 5) is 17.0. The van der Waals surface area contributed by atoms with Crippen LogP contribution in [0.3, 0.4) is 0 Å². The van der Waals surface area contributed by atoms with Crippen molar-refractivity contribution in [1.82, 2.24) is 10.3 Å². The Bertz CT molecular complexity index is 932. The Kier molecular flexibility index (Phi) is 4.44. The van der Waals surface area contributed by atoms with Gasteiger partial charge in [-0.1, -0.05) is 36.4 Å². The molecule has 1 aliphatic carbocycles. The first-order chi connectivity index (χ1) is 12.8. The number of carbonyl (C=O) groups is 1. The van der Waals surface area contributed by atoms with Crippen LogP contribution < -0.4 is 10.1 Å². The van der Waals surface area contributed by atoms with E-state index in [1.807, 2.05) is 36.4 Å². The number of hydrogen-bond acceptors (Lipinski definition) is 4. The van der Waals surface area contributed by atoms with Gasteiger partial charge in [0.2, 0.25) is 0 Å². The molecule has 0 bridgehead atoms. The molecule has 0 unspecified atom stereocenters. The van der Waals surface area contributed by atoms with E-state index in [1.54, 1.807) is 7.11 Å². The third-order valence-corrected chi connectivity index (χ3v) is 4.79. The van der Waals surface area contributed by atoms with Crippen molar-refractivity contribution >= 4 is 5.91 Å². The minimum absolute atomic E-state index is 0.00214. The standard InChI is InChI=1S/C21H20N2O3/c1-25-16-9-4-8-15(12-16)20-19(22-13-26-20)21(24)23-18-11-5-7-14-6-2-3-10-17(14)18/h2-4,6,8-10,12-13,18H,5,7,11H2,1H3,(H,23,24)/t18-/m1/s1. The van der Waals surface area contributed by atoms with E-state index in [0.29, 0.717) is 17.2 Å². The number of amides is 1. The Balaban J connectivity index is 1.60. The predicted octanol–water partition coefficient (Wildman–Crippen LogP) is 4.16. The monoisotopic (exact) mass is 348 g/mol. The van der Waals surface area contributed by atoms with Crippen molar-refractivity contribution in [3.8, 4) is 17.1 Å². The first-order valence-electron chi connectivity index (χ1n) is 8.73. The second-order valence-corrected chi connectivity index (χ2v) is 6.38. The summed E-state index contributed by atoms with van der Waals surface area (Å²) < 4.78 is 10.8. The molecular formula is C21H20N2O3. The van der Waals surface area contributed by atoms with Gasteiger partial charge in [0.25, 0.3) is 5.91 Å². The number of nitrogens with one attached hydrogen (secondary N) is 1. The SMILES string of the molecule is COc1cccc(-c2ocnc2C(=O)N[C@@H]2CCCc3ccccc32)c1. The lowest BCUT2D eigenvalue weighted by Crippen LogP contribution is -2.31. The van der Waals surface area contributed by atoms with E-state index in [4.69, 9.17) is 9.15 Å². The van der Waals surface area contributed by atoms with Crippen LogP contribution in [-0.2, 0) is 6.42 Å². The molecule has 0 spiro atoms. The number of ether oxygens (including phenoxy) is 1. The number of benzene rings is 2. The Hall–Kier alpha value is -3.08. The zero-order chi connectivity index (χ0) is 17.9. The van der Waals surface area contributed by atoms with E-state index in [0.717, 1.165) is 24.8 Å². The molecule has 5 heteroatoms. The number of hydrogen-bond donors (Lipinski definition) is 1. The molecular weight excluding hydrogens is 328 g/mol. The van der Waals surface area contributed by atoms with Crippen LogP contribution in [0.2, 0.25) is 0 Å². The molecule has 0 saturated heterocycles. The Labute approximate surface area is 152 Å². The van der Waals surface area contributed by atoms with Gasteiger partial charge in [0, 0.05) is 5.56 Å². The lowest BCUT2D eigenvalue weighted by Gasteiger charge is -2.26. The van der Waals surface area contributed by atoms with E-state index in [-0.39, 0.29) is 11.9 Å². The summed E-state index contributed by atoms with van der Waals surface area (Å²) in [5.74, 6) is 0.926. The molecule has 26 heavy (non-hydrogen) atoms. The highest BCUT2D eigenvalue weighted by Crippen LogP contribution is 2.31. The number of methoxy groups -OCH3 is 1. The van der Waals surface area contributed by atoms with E-state index >= 15 is 0 Å². The number of fused-ring (bicyclic) bond motifs is 1. The smallest absolute Gasteiger partial charge is 0.274 e. The molecule has 0 saturated carbocycles. The molecule has 2 aromatic carbocycles. The van der Waals surface area contributed by atoms with Crippen LogP contribution in [0.5, 0.6) is 5.75 Å². The summed E-state index contributed by atoms with van der Waals surface area (Å²) >= 11 is 0. The van der Waals surface area contributed by atoms with Crippen LogP contribution in [0.1, 0.15) is 40.5 Å². The summed E-state index contributed by atoms with van der Waals surface area (Å²) in [5.41, 5.74) is 3.55. The Morgan fingerprint density at radius 1 is 1.23 bits per heavy atom. The number of rotatable bonds is 4. The summed E-state index contributed by atoms with van der Waals surface area (Å²) in [5, 5.41) is 3.12. The molecule has 1 amide bonds. The van der Waals surface area contributed by atoms with Crippen molar-refractivity contribution in [2.24, 2.45) is 0 Å². The zero-order valence-corrected chi connectivity index (χ0v) is 14.6. The summed E-state index contributed by atoms with van der Waals surface area (Å²) in [6.45, 7) is 0. The van der Waals surface area contributed by atoms with Crippen molar-refractivity contribution in [3.63, 3.8) is 0 Å². The molecule has 4 rings (SSSR count). The largest absolute Gasteiger partial charge is 0.497 e. The number of carbonyl (C=O) groups excluding carboxylic acids is 1. The number of nitrogens with zero attached hydrogens (tertiary/aromatic N) is 1. The lowest BCUT2D eigenvalue weighted by molar-refractivity contribution is 0.0928. The molecule has 0 fully saturated rings. The number of aryl methyl sites for hydroxylation is 1. The average Bonchev–Trinajstić information content (AvgIpc) is 3.18. The van der Waals surface area contributed by atoms with Gasteiger partial charge < -0.3 is 14.5 Å². The van der Waals surface area contributed by atoms with Gasteiger partial charge in [-0.15, -0.1) is 0 Å². The molecule has 5 nitrogen and oxygen atoms in total. The van der Waals surface area contributed by atoms with Gasteiger partial charge in [-0.25, -0.2) is 4.98 Å². The molecule has 1 aromatic heterocycles. The normalized spacial score (nSPS) is 16.0. The fraction of sp³-hybridized carbons (Fsp3) is 0.238. The van der Waals surface area contributed by atoms with Gasteiger partial charge >= 0.3 is 0 Å². The zero-order valence-electron chi connectivity index (χ0n) is 14.6. The van der Waals surface area contributed by atoms with E-state index in [9.17, 15) is 4.79 Å². The number of aromatic nitrogens is 1. The first-order valence-corrected chi connectivity index (χ1v) is 8.73. The van der Waals surface area contributed by atoms with Gasteiger partial charge in [0.15, 0.2) is 17.8 Å². The third kappa shape index (κ3) is 3.08. The van der Waals surface area contributed by atoms with E-state index in [2.05, 4.69) is 22.4 Å². The average molecular weight is 348 g/mol.